The number of phenols is 1. The predicted molar refractivity (Wildman–Crippen MR) is 77.3 cm³/mol. The fourth-order valence-corrected chi connectivity index (χ4v) is 2.44. The van der Waals surface area contributed by atoms with Gasteiger partial charge in [-0.15, -0.1) is 0 Å². The number of hydrogen-bond donors (Lipinski definition) is 2. The van der Waals surface area contributed by atoms with Crippen molar-refractivity contribution in [2.45, 2.75) is 13.3 Å². The fraction of sp³-hybridized carbons (Fsp3) is 0.400. The molecule has 118 valence electrons. The topological polar surface area (TPSA) is 95.9 Å². The van der Waals surface area contributed by atoms with Crippen LogP contribution in [0.3, 0.4) is 0 Å². The Bertz CT molecular complexity index is 614. The number of carbonyl (C=O) groups is 3. The van der Waals surface area contributed by atoms with Gasteiger partial charge in [0.1, 0.15) is 18.0 Å². The van der Waals surface area contributed by atoms with Crippen LogP contribution < -0.4 is 10.1 Å². The van der Waals surface area contributed by atoms with E-state index in [2.05, 4.69) is 5.32 Å². The zero-order valence-corrected chi connectivity index (χ0v) is 12.5. The van der Waals surface area contributed by atoms with Crippen LogP contribution in [0.2, 0.25) is 0 Å². The normalized spacial score (nSPS) is 18.6. The third-order valence-electron chi connectivity index (χ3n) is 3.57. The Morgan fingerprint density at radius 1 is 1.45 bits per heavy atom. The monoisotopic (exact) mass is 306 g/mol. The van der Waals surface area contributed by atoms with Gasteiger partial charge in [-0.25, -0.2) is 0 Å². The lowest BCUT2D eigenvalue weighted by atomic mass is 9.97. The van der Waals surface area contributed by atoms with Crippen LogP contribution in [0, 0.1) is 5.92 Å². The van der Waals surface area contributed by atoms with Gasteiger partial charge in [0.05, 0.1) is 13.0 Å². The second-order valence-corrected chi connectivity index (χ2v) is 5.14. The molecule has 1 fully saturated rings. The lowest BCUT2D eigenvalue weighted by Gasteiger charge is -2.20. The van der Waals surface area contributed by atoms with E-state index in [0.717, 1.165) is 4.90 Å². The van der Waals surface area contributed by atoms with Gasteiger partial charge in [0.2, 0.25) is 17.7 Å². The van der Waals surface area contributed by atoms with Crippen molar-refractivity contribution in [2.24, 2.45) is 5.92 Å². The van der Waals surface area contributed by atoms with Gasteiger partial charge < -0.3 is 15.2 Å². The van der Waals surface area contributed by atoms with Gasteiger partial charge in [-0.2, -0.15) is 0 Å². The van der Waals surface area contributed by atoms with Gasteiger partial charge in [0.25, 0.3) is 0 Å². The zero-order valence-electron chi connectivity index (χ0n) is 12.5. The van der Waals surface area contributed by atoms with Gasteiger partial charge in [0.15, 0.2) is 0 Å². The van der Waals surface area contributed by atoms with Gasteiger partial charge in [-0.1, -0.05) is 0 Å². The number of benzene rings is 1. The number of amides is 3. The Kier molecular flexibility index (Phi) is 4.65. The minimum absolute atomic E-state index is 0.0596. The molecule has 1 aliphatic rings. The average molecular weight is 306 g/mol. The molecule has 1 unspecified atom stereocenters. The number of imide groups is 1. The van der Waals surface area contributed by atoms with Gasteiger partial charge in [-0.3, -0.25) is 19.3 Å². The molecule has 1 heterocycles. The summed E-state index contributed by atoms with van der Waals surface area (Å²) in [5.74, 6) is -1.23. The van der Waals surface area contributed by atoms with Crippen LogP contribution in [0.4, 0.5) is 0 Å². The standard InChI is InChI=1S/C15H18N2O5/c1-9(18)17-8-14(20)16-7-11(15(17)21)5-10-6-12(19)3-4-13(10)22-2/h3-4,6,11,19H,5,7-8H2,1-2H3,(H,16,20). The van der Waals surface area contributed by atoms with Gasteiger partial charge in [0, 0.05) is 13.5 Å². The van der Waals surface area contributed by atoms with Crippen LogP contribution >= 0.6 is 0 Å². The molecule has 7 heteroatoms. The molecule has 0 radical (unpaired) electrons. The Hall–Kier alpha value is -2.57. The highest BCUT2D eigenvalue weighted by Crippen LogP contribution is 2.26. The second-order valence-electron chi connectivity index (χ2n) is 5.14. The predicted octanol–water partition coefficient (Wildman–Crippen LogP) is 0.0644. The highest BCUT2D eigenvalue weighted by Gasteiger charge is 2.32. The molecular weight excluding hydrogens is 288 g/mol. The van der Waals surface area contributed by atoms with E-state index in [-0.39, 0.29) is 31.2 Å². The van der Waals surface area contributed by atoms with Crippen molar-refractivity contribution < 1.29 is 24.2 Å². The lowest BCUT2D eigenvalue weighted by molar-refractivity contribution is -0.147. The molecule has 1 saturated heterocycles. The Morgan fingerprint density at radius 3 is 2.82 bits per heavy atom. The number of ether oxygens (including phenoxy) is 1. The number of rotatable bonds is 3. The zero-order chi connectivity index (χ0) is 16.3. The SMILES string of the molecule is COc1ccc(O)cc1CC1CNC(=O)CN(C(C)=O)C1=O. The molecule has 2 rings (SSSR count). The van der Waals surface area contributed by atoms with E-state index < -0.39 is 17.7 Å². The molecule has 1 aliphatic heterocycles. The number of aromatic hydroxyl groups is 1. The molecule has 2 N–H and O–H groups in total. The largest absolute Gasteiger partial charge is 0.508 e. The number of phenolic OH excluding ortho intramolecular Hbond substituents is 1. The summed E-state index contributed by atoms with van der Waals surface area (Å²) < 4.78 is 5.21. The van der Waals surface area contributed by atoms with Crippen molar-refractivity contribution in [3.8, 4) is 11.5 Å². The number of nitrogens with one attached hydrogen (secondary N) is 1. The maximum Gasteiger partial charge on any atom is 0.240 e. The minimum atomic E-state index is -0.592. The van der Waals surface area contributed by atoms with Crippen LogP contribution in [0.5, 0.6) is 11.5 Å². The molecule has 1 aromatic rings. The summed E-state index contributed by atoms with van der Waals surface area (Å²) in [5, 5.41) is 12.2. The number of hydrogen-bond acceptors (Lipinski definition) is 5. The number of carbonyl (C=O) groups excluding carboxylic acids is 3. The summed E-state index contributed by atoms with van der Waals surface area (Å²) in [6.45, 7) is 1.13. The first-order chi connectivity index (χ1) is 10.4. The Balaban J connectivity index is 2.27. The first-order valence-electron chi connectivity index (χ1n) is 6.87. The third kappa shape index (κ3) is 3.36. The first kappa shape index (κ1) is 15.8. The van der Waals surface area contributed by atoms with E-state index in [9.17, 15) is 19.5 Å². The maximum atomic E-state index is 12.4. The van der Waals surface area contributed by atoms with Crippen molar-refractivity contribution in [3.05, 3.63) is 23.8 Å². The van der Waals surface area contributed by atoms with Crippen LogP contribution in [0.25, 0.3) is 0 Å². The van der Waals surface area contributed by atoms with Crippen molar-refractivity contribution in [1.29, 1.82) is 0 Å². The van der Waals surface area contributed by atoms with Gasteiger partial charge in [-0.05, 0) is 30.2 Å². The second kappa shape index (κ2) is 6.46. The van der Waals surface area contributed by atoms with E-state index in [1.165, 1.54) is 26.2 Å². The van der Waals surface area contributed by atoms with Crippen molar-refractivity contribution in [3.63, 3.8) is 0 Å². The third-order valence-corrected chi connectivity index (χ3v) is 3.57. The number of methoxy groups -OCH3 is 1. The molecule has 1 aromatic carbocycles. The molecule has 3 amide bonds. The minimum Gasteiger partial charge on any atom is -0.508 e. The van der Waals surface area contributed by atoms with Crippen LogP contribution in [-0.2, 0) is 20.8 Å². The number of nitrogens with zero attached hydrogens (tertiary/aromatic N) is 1. The van der Waals surface area contributed by atoms with E-state index >= 15 is 0 Å². The van der Waals surface area contributed by atoms with E-state index in [0.29, 0.717) is 11.3 Å². The van der Waals surface area contributed by atoms with Crippen molar-refractivity contribution >= 4 is 17.7 Å². The smallest absolute Gasteiger partial charge is 0.240 e. The summed E-state index contributed by atoms with van der Waals surface area (Å²) in [5.41, 5.74) is 0.639. The fourth-order valence-electron chi connectivity index (χ4n) is 2.44. The summed E-state index contributed by atoms with van der Waals surface area (Å²) in [6.07, 6.45) is 0.250. The van der Waals surface area contributed by atoms with E-state index in [1.54, 1.807) is 6.07 Å². The maximum absolute atomic E-state index is 12.4. The van der Waals surface area contributed by atoms with Crippen LogP contribution in [0.15, 0.2) is 18.2 Å². The molecular formula is C15H18N2O5. The average Bonchev–Trinajstić information content (AvgIpc) is 2.61. The molecule has 22 heavy (non-hydrogen) atoms. The molecule has 1 atom stereocenters. The molecule has 0 saturated carbocycles. The van der Waals surface area contributed by atoms with E-state index in [4.69, 9.17) is 4.74 Å². The molecule has 0 bridgehead atoms. The highest BCUT2D eigenvalue weighted by atomic mass is 16.5. The van der Waals surface area contributed by atoms with Gasteiger partial charge >= 0.3 is 0 Å². The summed E-state index contributed by atoms with van der Waals surface area (Å²) in [6, 6.07) is 4.60. The lowest BCUT2D eigenvalue weighted by Crippen LogP contribution is -2.41. The van der Waals surface area contributed by atoms with Crippen molar-refractivity contribution in [2.75, 3.05) is 20.2 Å². The van der Waals surface area contributed by atoms with Crippen LogP contribution in [-0.4, -0.2) is 47.9 Å². The summed E-state index contributed by atoms with van der Waals surface area (Å²) in [4.78, 5) is 36.5. The Labute approximate surface area is 127 Å². The molecule has 0 aromatic heterocycles. The quantitative estimate of drug-likeness (QED) is 0.823. The first-order valence-corrected chi connectivity index (χ1v) is 6.87. The molecule has 0 spiro atoms. The Morgan fingerprint density at radius 2 is 2.18 bits per heavy atom. The molecule has 0 aliphatic carbocycles. The van der Waals surface area contributed by atoms with E-state index in [1.807, 2.05) is 0 Å². The summed E-state index contributed by atoms with van der Waals surface area (Å²) in [7, 11) is 1.49. The van der Waals surface area contributed by atoms with Crippen LogP contribution in [0.1, 0.15) is 12.5 Å². The van der Waals surface area contributed by atoms with Crippen molar-refractivity contribution in [1.82, 2.24) is 10.2 Å². The summed E-state index contributed by atoms with van der Waals surface area (Å²) >= 11 is 0. The molecule has 7 nitrogen and oxygen atoms in total. The highest BCUT2D eigenvalue weighted by molar-refractivity contribution is 6.00.